The van der Waals surface area contributed by atoms with Crippen molar-refractivity contribution in [2.75, 3.05) is 13.2 Å². The zero-order valence-corrected chi connectivity index (χ0v) is 19.6. The molecule has 4 heteroatoms. The van der Waals surface area contributed by atoms with Crippen molar-refractivity contribution in [3.8, 4) is 0 Å². The van der Waals surface area contributed by atoms with Crippen LogP contribution in [-0.4, -0.2) is 47.8 Å². The summed E-state index contributed by atoms with van der Waals surface area (Å²) in [5, 5.41) is 19.4. The van der Waals surface area contributed by atoms with Crippen LogP contribution in [-0.2, 0) is 9.47 Å². The van der Waals surface area contributed by atoms with Crippen molar-refractivity contribution in [2.45, 2.75) is 129 Å². The summed E-state index contributed by atoms with van der Waals surface area (Å²) in [5.41, 5.74) is 0.393. The van der Waals surface area contributed by atoms with E-state index in [2.05, 4.69) is 13.8 Å². The molecule has 0 aliphatic heterocycles. The molecule has 2 aliphatic carbocycles. The van der Waals surface area contributed by atoms with Crippen LogP contribution in [0.15, 0.2) is 0 Å². The Labute approximate surface area is 179 Å². The van der Waals surface area contributed by atoms with E-state index in [-0.39, 0.29) is 12.2 Å². The third-order valence-electron chi connectivity index (χ3n) is 7.95. The first-order valence-electron chi connectivity index (χ1n) is 12.5. The predicted molar refractivity (Wildman–Crippen MR) is 119 cm³/mol. The fourth-order valence-electron chi connectivity index (χ4n) is 5.42. The number of hydrogen-bond acceptors (Lipinski definition) is 4. The first-order chi connectivity index (χ1) is 13.9. The molecule has 0 aromatic carbocycles. The molecule has 0 spiro atoms. The fourth-order valence-corrected chi connectivity index (χ4v) is 5.42. The van der Waals surface area contributed by atoms with E-state index in [1.807, 2.05) is 13.8 Å². The number of aliphatic hydroxyl groups excluding tert-OH is 2. The maximum Gasteiger partial charge on any atom is 0.0771 e. The molecule has 2 rings (SSSR count). The molecule has 0 amide bonds. The molecule has 0 heterocycles. The van der Waals surface area contributed by atoms with Gasteiger partial charge >= 0.3 is 0 Å². The van der Waals surface area contributed by atoms with Gasteiger partial charge in [-0.1, -0.05) is 27.7 Å². The summed E-state index contributed by atoms with van der Waals surface area (Å²) >= 11 is 0. The van der Waals surface area contributed by atoms with Crippen LogP contribution in [0, 0.1) is 17.3 Å². The van der Waals surface area contributed by atoms with E-state index in [0.29, 0.717) is 24.2 Å². The average molecular weight is 413 g/mol. The van der Waals surface area contributed by atoms with E-state index in [1.54, 1.807) is 0 Å². The largest absolute Gasteiger partial charge is 0.393 e. The first-order valence-corrected chi connectivity index (χ1v) is 12.5. The number of aliphatic hydroxyl groups is 2. The second kappa shape index (κ2) is 12.6. The highest BCUT2D eigenvalue weighted by Gasteiger charge is 2.40. The third-order valence-corrected chi connectivity index (χ3v) is 7.95. The molecular formula is C25H48O4. The molecular weight excluding hydrogens is 364 g/mol. The topological polar surface area (TPSA) is 58.9 Å². The molecule has 4 nitrogen and oxygen atoms in total. The lowest BCUT2D eigenvalue weighted by atomic mass is 9.60. The normalized spacial score (nSPS) is 30.8. The van der Waals surface area contributed by atoms with Gasteiger partial charge in [0.2, 0.25) is 0 Å². The van der Waals surface area contributed by atoms with E-state index in [9.17, 15) is 10.2 Å². The van der Waals surface area contributed by atoms with Crippen LogP contribution in [0.3, 0.4) is 0 Å². The van der Waals surface area contributed by atoms with E-state index in [0.717, 1.165) is 57.0 Å². The Balaban J connectivity index is 1.66. The van der Waals surface area contributed by atoms with Gasteiger partial charge in [0.05, 0.1) is 31.0 Å². The highest BCUT2D eigenvalue weighted by atomic mass is 16.5. The van der Waals surface area contributed by atoms with Gasteiger partial charge < -0.3 is 19.7 Å². The minimum absolute atomic E-state index is 0.160. The van der Waals surface area contributed by atoms with Crippen LogP contribution in [0.4, 0.5) is 0 Å². The Kier molecular flexibility index (Phi) is 10.9. The Morgan fingerprint density at radius 2 is 1.24 bits per heavy atom. The third kappa shape index (κ3) is 8.12. The maximum absolute atomic E-state index is 9.72. The lowest BCUT2D eigenvalue weighted by molar-refractivity contribution is -0.0532. The minimum Gasteiger partial charge on any atom is -0.393 e. The van der Waals surface area contributed by atoms with Gasteiger partial charge in [-0.3, -0.25) is 0 Å². The average Bonchev–Trinajstić information content (AvgIpc) is 2.75. The van der Waals surface area contributed by atoms with Gasteiger partial charge in [0.1, 0.15) is 0 Å². The molecule has 172 valence electrons. The minimum atomic E-state index is -0.307. The zero-order chi connectivity index (χ0) is 21.3. The van der Waals surface area contributed by atoms with Crippen molar-refractivity contribution < 1.29 is 19.7 Å². The van der Waals surface area contributed by atoms with Crippen molar-refractivity contribution >= 4 is 0 Å². The number of ether oxygens (including phenoxy) is 2. The monoisotopic (exact) mass is 412 g/mol. The van der Waals surface area contributed by atoms with Crippen LogP contribution >= 0.6 is 0 Å². The van der Waals surface area contributed by atoms with E-state index in [1.165, 1.54) is 38.5 Å². The van der Waals surface area contributed by atoms with Crippen LogP contribution in [0.25, 0.3) is 0 Å². The summed E-state index contributed by atoms with van der Waals surface area (Å²) in [6.45, 7) is 10.3. The highest BCUT2D eigenvalue weighted by Crippen LogP contribution is 2.48. The molecule has 2 N–H and O–H groups in total. The van der Waals surface area contributed by atoms with Gasteiger partial charge in [-0.15, -0.1) is 0 Å². The highest BCUT2D eigenvalue weighted by molar-refractivity contribution is 4.91. The lowest BCUT2D eigenvalue weighted by Gasteiger charge is -2.46. The van der Waals surface area contributed by atoms with Crippen molar-refractivity contribution in [3.63, 3.8) is 0 Å². The zero-order valence-electron chi connectivity index (χ0n) is 19.6. The molecule has 0 saturated heterocycles. The van der Waals surface area contributed by atoms with Crippen LogP contribution in [0.5, 0.6) is 0 Å². The second-order valence-corrected chi connectivity index (χ2v) is 10.2. The van der Waals surface area contributed by atoms with E-state index in [4.69, 9.17) is 9.47 Å². The van der Waals surface area contributed by atoms with E-state index >= 15 is 0 Å². The van der Waals surface area contributed by atoms with Crippen molar-refractivity contribution in [1.82, 2.24) is 0 Å². The summed E-state index contributed by atoms with van der Waals surface area (Å²) in [5.74, 6) is 1.59. The molecule has 0 bridgehead atoms. The first kappa shape index (κ1) is 25.1. The fraction of sp³-hybridized carbons (Fsp3) is 1.00. The van der Waals surface area contributed by atoms with Crippen molar-refractivity contribution in [2.24, 2.45) is 17.3 Å². The molecule has 0 radical (unpaired) electrons. The van der Waals surface area contributed by atoms with Crippen molar-refractivity contribution in [1.29, 1.82) is 0 Å². The summed E-state index contributed by atoms with van der Waals surface area (Å²) in [6, 6.07) is 0. The molecule has 2 unspecified atom stereocenters. The lowest BCUT2D eigenvalue weighted by Crippen LogP contribution is -2.39. The molecule has 0 aromatic rings. The Morgan fingerprint density at radius 3 is 1.72 bits per heavy atom. The Bertz CT molecular complexity index is 423. The summed E-state index contributed by atoms with van der Waals surface area (Å²) in [4.78, 5) is 0. The molecule has 2 fully saturated rings. The Hall–Kier alpha value is -0.160. The van der Waals surface area contributed by atoms with Crippen molar-refractivity contribution in [3.05, 3.63) is 0 Å². The molecule has 2 atom stereocenters. The van der Waals surface area contributed by atoms with Crippen LogP contribution in [0.2, 0.25) is 0 Å². The van der Waals surface area contributed by atoms with E-state index < -0.39 is 0 Å². The molecule has 2 aliphatic rings. The van der Waals surface area contributed by atoms with Gasteiger partial charge in [-0.25, -0.2) is 0 Å². The summed E-state index contributed by atoms with van der Waals surface area (Å²) in [7, 11) is 0. The standard InChI is InChI=1S/C25H48O4/c1-5-21(26)8-7-17-28-23-13-9-19(10-14-23)25(3,4)20-11-15-24(16-12-20)29-18-22(27)6-2/h19-24,26-27H,5-18H2,1-4H3. The maximum atomic E-state index is 9.72. The van der Waals surface area contributed by atoms with Crippen LogP contribution < -0.4 is 0 Å². The van der Waals surface area contributed by atoms with Gasteiger partial charge in [-0.05, 0) is 94.3 Å². The molecule has 29 heavy (non-hydrogen) atoms. The van der Waals surface area contributed by atoms with Gasteiger partial charge in [-0.2, -0.15) is 0 Å². The Morgan fingerprint density at radius 1 is 0.759 bits per heavy atom. The number of rotatable bonds is 12. The van der Waals surface area contributed by atoms with Gasteiger partial charge in [0.15, 0.2) is 0 Å². The molecule has 2 saturated carbocycles. The summed E-state index contributed by atoms with van der Waals surface area (Å²) in [6.07, 6.45) is 13.5. The number of hydrogen-bond donors (Lipinski definition) is 2. The molecule has 0 aromatic heterocycles. The van der Waals surface area contributed by atoms with Gasteiger partial charge in [0, 0.05) is 6.61 Å². The van der Waals surface area contributed by atoms with Crippen LogP contribution in [0.1, 0.15) is 105 Å². The SMILES string of the molecule is CCC(O)CCCOC1CCC(C(C)(C)C2CCC(OCC(O)CC)CC2)CC1. The smallest absolute Gasteiger partial charge is 0.0771 e. The quantitative estimate of drug-likeness (QED) is 0.416. The summed E-state index contributed by atoms with van der Waals surface area (Å²) < 4.78 is 12.0. The predicted octanol–water partition coefficient (Wildman–Crippen LogP) is 5.49. The second-order valence-electron chi connectivity index (χ2n) is 10.2. The van der Waals surface area contributed by atoms with Gasteiger partial charge in [0.25, 0.3) is 0 Å².